The van der Waals surface area contributed by atoms with Gasteiger partial charge in [-0.05, 0) is 73.9 Å². The van der Waals surface area contributed by atoms with E-state index < -0.39 is 35.6 Å². The second kappa shape index (κ2) is 25.3. The Morgan fingerprint density at radius 2 is 1.44 bits per heavy atom. The first-order valence-corrected chi connectivity index (χ1v) is 26.1. The minimum absolute atomic E-state index is 0.0200. The third-order valence-electron chi connectivity index (χ3n) is 14.0. The molecule has 1 saturated carbocycles. The Hall–Kier alpha value is -7.82. The standard InChI is InChI=1S/C56H61N9O12/c66-39(19-20-47(68)59-44-12-4-11-40-49(44)54(72)65(53(40)71)45-13-5-14-46(67)61-52(45)70)10-6-26-74-28-30-76-32-33-77-31-29-75-27-24-57-48(69)35-58-56(22-7-23-56)38-17-15-37(16-18-38)50-41(36-8-2-1-3-9-36)34-42-43(60-50)21-25-64-51(42)62-63-55(64)73/h1-4,8-9,11-12,15-18,21,25,34,45,58H,5-7,10,13-14,19-20,22-24,26-33,35H2,(H,57,69)(H,59,68)(H,63,73)(H,61,67,70)/t45-/m0/s1. The molecule has 0 bridgehead atoms. The first-order chi connectivity index (χ1) is 37.5. The van der Waals surface area contributed by atoms with Crippen molar-refractivity contribution in [1.82, 2.24) is 40.4 Å². The van der Waals surface area contributed by atoms with E-state index in [2.05, 4.69) is 55.7 Å². The van der Waals surface area contributed by atoms with Crippen LogP contribution in [0.15, 0.2) is 95.9 Å². The second-order valence-electron chi connectivity index (χ2n) is 19.1. The van der Waals surface area contributed by atoms with E-state index >= 15 is 0 Å². The van der Waals surface area contributed by atoms with Crippen molar-refractivity contribution < 1.29 is 52.5 Å². The van der Waals surface area contributed by atoms with Crippen LogP contribution in [0, 0.1) is 0 Å². The van der Waals surface area contributed by atoms with Crippen molar-refractivity contribution in [3.8, 4) is 22.4 Å². The number of rotatable bonds is 27. The number of anilines is 1. The number of nitrogens with zero attached hydrogens (tertiary/aromatic N) is 4. The second-order valence-corrected chi connectivity index (χ2v) is 19.1. The summed E-state index contributed by atoms with van der Waals surface area (Å²) in [7, 11) is 0. The first kappa shape index (κ1) is 54.0. The number of fused-ring (bicyclic) bond motifs is 4. The molecule has 0 spiro atoms. The Balaban J connectivity index is 0.591. The molecule has 0 radical (unpaired) electrons. The lowest BCUT2D eigenvalue weighted by atomic mass is 9.71. The Kier molecular flexibility index (Phi) is 17.8. The number of benzene rings is 3. The van der Waals surface area contributed by atoms with Gasteiger partial charge in [0.1, 0.15) is 11.8 Å². The minimum Gasteiger partial charge on any atom is -0.379 e. The number of pyridine rings is 2. The summed E-state index contributed by atoms with van der Waals surface area (Å²) in [4.78, 5) is 107. The van der Waals surface area contributed by atoms with Crippen LogP contribution in [0.1, 0.15) is 90.5 Å². The summed E-state index contributed by atoms with van der Waals surface area (Å²) in [6, 6.07) is 25.6. The molecule has 2 aliphatic heterocycles. The third-order valence-corrected chi connectivity index (χ3v) is 14.0. The van der Waals surface area contributed by atoms with Gasteiger partial charge in [-0.1, -0.05) is 60.7 Å². The highest BCUT2D eigenvalue weighted by molar-refractivity contribution is 6.26. The van der Waals surface area contributed by atoms with Gasteiger partial charge in [0.15, 0.2) is 5.65 Å². The summed E-state index contributed by atoms with van der Waals surface area (Å²) < 4.78 is 23.8. The van der Waals surface area contributed by atoms with E-state index in [9.17, 15) is 38.4 Å². The number of imide groups is 2. The van der Waals surface area contributed by atoms with E-state index in [0.717, 1.165) is 63.0 Å². The molecule has 6 aromatic rings. The lowest BCUT2D eigenvalue weighted by molar-refractivity contribution is -0.131. The summed E-state index contributed by atoms with van der Waals surface area (Å²) in [6.45, 7) is 3.37. The molecular weight excluding hydrogens is 991 g/mol. The van der Waals surface area contributed by atoms with E-state index in [4.69, 9.17) is 23.9 Å². The van der Waals surface area contributed by atoms with Gasteiger partial charge in [0.25, 0.3) is 11.8 Å². The number of nitrogens with one attached hydrogen (secondary N) is 5. The van der Waals surface area contributed by atoms with Crippen molar-refractivity contribution in [1.29, 1.82) is 0 Å². The molecule has 6 amide bonds. The van der Waals surface area contributed by atoms with Crippen LogP contribution < -0.4 is 27.0 Å². The summed E-state index contributed by atoms with van der Waals surface area (Å²) in [5.74, 6) is -3.35. The van der Waals surface area contributed by atoms with Gasteiger partial charge in [-0.15, -0.1) is 0 Å². The van der Waals surface area contributed by atoms with Crippen molar-refractivity contribution in [3.63, 3.8) is 0 Å². The summed E-state index contributed by atoms with van der Waals surface area (Å²) >= 11 is 0. The fraction of sp³-hybridized carbons (Fsp3) is 0.393. The average molecular weight is 1050 g/mol. The van der Waals surface area contributed by atoms with Crippen LogP contribution in [0.25, 0.3) is 38.9 Å². The van der Waals surface area contributed by atoms with Gasteiger partial charge in [-0.25, -0.2) is 19.3 Å². The average Bonchev–Trinajstić information content (AvgIpc) is 3.87. The number of aromatic amines is 1. The molecule has 1 atom stereocenters. The van der Waals surface area contributed by atoms with E-state index in [1.54, 1.807) is 6.20 Å². The predicted octanol–water partition coefficient (Wildman–Crippen LogP) is 4.62. The van der Waals surface area contributed by atoms with E-state index in [1.807, 2.05) is 42.5 Å². The number of carbonyl (C=O) groups is 7. The molecule has 21 nitrogen and oxygen atoms in total. The molecule has 77 heavy (non-hydrogen) atoms. The zero-order valence-electron chi connectivity index (χ0n) is 42.6. The van der Waals surface area contributed by atoms with Crippen LogP contribution in [0.2, 0.25) is 0 Å². The molecule has 0 unspecified atom stereocenters. The largest absolute Gasteiger partial charge is 0.379 e. The Labute approximate surface area is 442 Å². The van der Waals surface area contributed by atoms with Crippen LogP contribution in [-0.4, -0.2) is 138 Å². The first-order valence-electron chi connectivity index (χ1n) is 26.1. The highest BCUT2D eigenvalue weighted by Crippen LogP contribution is 2.42. The minimum atomic E-state index is -1.14. The smallest absolute Gasteiger partial charge is 0.347 e. The summed E-state index contributed by atoms with van der Waals surface area (Å²) in [5.41, 5.74) is 5.55. The van der Waals surface area contributed by atoms with Crippen molar-refractivity contribution >= 4 is 63.5 Å². The number of carbonyl (C=O) groups excluding carboxylic acids is 7. The van der Waals surface area contributed by atoms with E-state index in [-0.39, 0.29) is 78.4 Å². The predicted molar refractivity (Wildman–Crippen MR) is 282 cm³/mol. The third kappa shape index (κ3) is 12.9. The zero-order valence-corrected chi connectivity index (χ0v) is 42.6. The maximum atomic E-state index is 13.4. The van der Waals surface area contributed by atoms with Crippen LogP contribution in [-0.2, 0) is 48.5 Å². The topological polar surface area (TPSA) is 271 Å². The SMILES string of the molecule is O=C(CCCOCCOCCOCCOCCNC(=O)CNC1(c2ccc(-c3nc4ccn5c(=O)[nH]nc5c4cc3-c3ccccc3)cc2)CCC1)CCC(=O)Nc1cccc2c1C(=O)N([C@H]1CCCC(=O)NC1=O)C2=O. The fourth-order valence-electron chi connectivity index (χ4n) is 9.82. The van der Waals surface area contributed by atoms with Gasteiger partial charge in [0.2, 0.25) is 23.6 Å². The van der Waals surface area contributed by atoms with E-state index in [0.29, 0.717) is 77.9 Å². The highest BCUT2D eigenvalue weighted by atomic mass is 16.6. The Bertz CT molecular complexity index is 3210. The molecule has 9 rings (SSSR count). The molecule has 3 aromatic heterocycles. The Morgan fingerprint density at radius 1 is 0.714 bits per heavy atom. The number of hydrogen-bond acceptors (Lipinski definition) is 15. The van der Waals surface area contributed by atoms with Gasteiger partial charge < -0.3 is 29.6 Å². The van der Waals surface area contributed by atoms with Crippen LogP contribution in [0.5, 0.6) is 0 Å². The van der Waals surface area contributed by atoms with Gasteiger partial charge in [0.05, 0.1) is 80.8 Å². The molecule has 1 aliphatic carbocycles. The molecule has 2 fully saturated rings. The van der Waals surface area contributed by atoms with Gasteiger partial charge in [0, 0.05) is 67.1 Å². The maximum absolute atomic E-state index is 13.4. The Morgan fingerprint density at radius 3 is 2.17 bits per heavy atom. The number of ketones is 1. The number of aromatic nitrogens is 4. The van der Waals surface area contributed by atoms with Crippen molar-refractivity contribution in [2.45, 2.75) is 75.8 Å². The maximum Gasteiger partial charge on any atom is 0.347 e. The normalized spacial score (nSPS) is 16.1. The van der Waals surface area contributed by atoms with Crippen molar-refractivity contribution in [2.24, 2.45) is 0 Å². The molecule has 5 N–H and O–H groups in total. The summed E-state index contributed by atoms with van der Waals surface area (Å²) in [6.07, 6.45) is 5.68. The van der Waals surface area contributed by atoms with E-state index in [1.165, 1.54) is 22.6 Å². The molecule has 21 heteroatoms. The molecule has 3 aromatic carbocycles. The molecular formula is C56H61N9O12. The molecule has 1 saturated heterocycles. The fourth-order valence-corrected chi connectivity index (χ4v) is 9.82. The number of ether oxygens (including phenoxy) is 4. The van der Waals surface area contributed by atoms with Gasteiger partial charge >= 0.3 is 5.69 Å². The summed E-state index contributed by atoms with van der Waals surface area (Å²) in [5, 5.41) is 18.9. The lowest BCUT2D eigenvalue weighted by Gasteiger charge is -2.43. The molecule has 3 aliphatic rings. The highest BCUT2D eigenvalue weighted by Gasteiger charge is 2.45. The number of amides is 6. The number of H-pyrrole nitrogens is 1. The zero-order chi connectivity index (χ0) is 53.7. The van der Waals surface area contributed by atoms with Crippen LogP contribution in [0.4, 0.5) is 5.69 Å². The number of Topliss-reactive ketones (excluding diaryl/α,β-unsaturated/α-hetero) is 1. The number of hydrogen-bond donors (Lipinski definition) is 5. The van der Waals surface area contributed by atoms with Gasteiger partial charge in [-0.3, -0.25) is 49.1 Å². The molecule has 5 heterocycles. The van der Waals surface area contributed by atoms with Gasteiger partial charge in [-0.2, -0.15) is 5.10 Å². The van der Waals surface area contributed by atoms with Crippen molar-refractivity contribution in [3.05, 3.63) is 118 Å². The monoisotopic (exact) mass is 1050 g/mol. The lowest BCUT2D eigenvalue weighted by Crippen LogP contribution is -2.51. The van der Waals surface area contributed by atoms with Crippen LogP contribution >= 0.6 is 0 Å². The van der Waals surface area contributed by atoms with Crippen molar-refractivity contribution in [2.75, 3.05) is 71.3 Å². The van der Waals surface area contributed by atoms with Crippen LogP contribution in [0.3, 0.4) is 0 Å². The molecule has 402 valence electrons. The quantitative estimate of drug-likeness (QED) is 0.0348.